The number of phenolic OH excluding ortho intramolecular Hbond substituents is 1. The van der Waals surface area contributed by atoms with Gasteiger partial charge < -0.3 is 15.2 Å². The summed E-state index contributed by atoms with van der Waals surface area (Å²) in [7, 11) is 1.48. The van der Waals surface area contributed by atoms with Crippen LogP contribution in [0.4, 0.5) is 13.2 Å². The summed E-state index contributed by atoms with van der Waals surface area (Å²) in [6.07, 6.45) is -4.64. The fraction of sp³-hybridized carbons (Fsp3) is 0.120. The third kappa shape index (κ3) is 5.25. The van der Waals surface area contributed by atoms with E-state index >= 15 is 0 Å². The Hall–Kier alpha value is -3.98. The van der Waals surface area contributed by atoms with Gasteiger partial charge in [-0.2, -0.15) is 18.3 Å². The molecule has 1 amide bonds. The number of halogens is 4. The first-order valence-electron chi connectivity index (χ1n) is 10.3. The summed E-state index contributed by atoms with van der Waals surface area (Å²) in [4.78, 5) is 12.6. The Morgan fingerprint density at radius 3 is 2.43 bits per heavy atom. The quantitative estimate of drug-likeness (QED) is 0.347. The number of amides is 1. The maximum Gasteiger partial charge on any atom is 0.435 e. The van der Waals surface area contributed by atoms with Gasteiger partial charge in [0.15, 0.2) is 5.69 Å². The molecule has 0 aliphatic rings. The van der Waals surface area contributed by atoms with Crippen LogP contribution >= 0.6 is 11.6 Å². The molecule has 0 saturated heterocycles. The third-order valence-electron chi connectivity index (χ3n) is 5.26. The van der Waals surface area contributed by atoms with Gasteiger partial charge in [0, 0.05) is 29.3 Å². The van der Waals surface area contributed by atoms with Crippen molar-refractivity contribution in [2.75, 3.05) is 7.11 Å². The summed E-state index contributed by atoms with van der Waals surface area (Å²) in [5.41, 5.74) is 0.604. The molecule has 4 aromatic rings. The van der Waals surface area contributed by atoms with Crippen LogP contribution < -0.4 is 10.1 Å². The molecule has 0 saturated carbocycles. The molecule has 0 spiro atoms. The van der Waals surface area contributed by atoms with Gasteiger partial charge in [-0.3, -0.25) is 4.79 Å². The zero-order valence-corrected chi connectivity index (χ0v) is 19.1. The van der Waals surface area contributed by atoms with Crippen molar-refractivity contribution in [2.45, 2.75) is 12.7 Å². The van der Waals surface area contributed by atoms with E-state index in [1.807, 2.05) is 0 Å². The topological polar surface area (TPSA) is 76.4 Å². The Balaban J connectivity index is 1.58. The van der Waals surface area contributed by atoms with Crippen LogP contribution in [0.1, 0.15) is 21.6 Å². The van der Waals surface area contributed by atoms with Crippen molar-refractivity contribution in [3.05, 3.63) is 94.6 Å². The van der Waals surface area contributed by atoms with Crippen molar-refractivity contribution in [3.63, 3.8) is 0 Å². The van der Waals surface area contributed by atoms with Crippen LogP contribution in [-0.4, -0.2) is 27.9 Å². The van der Waals surface area contributed by atoms with E-state index < -0.39 is 17.8 Å². The highest BCUT2D eigenvalue weighted by molar-refractivity contribution is 6.32. The summed E-state index contributed by atoms with van der Waals surface area (Å²) in [6, 6.07) is 18.2. The van der Waals surface area contributed by atoms with Crippen LogP contribution in [-0.2, 0) is 12.7 Å². The van der Waals surface area contributed by atoms with Crippen molar-refractivity contribution in [3.8, 4) is 28.4 Å². The number of nitrogens with zero attached hydrogens (tertiary/aromatic N) is 2. The molecular formula is C25H19ClF3N3O3. The van der Waals surface area contributed by atoms with Crippen LogP contribution in [0, 0.1) is 0 Å². The lowest BCUT2D eigenvalue weighted by Crippen LogP contribution is -2.22. The minimum Gasteiger partial charge on any atom is -0.507 e. The zero-order valence-electron chi connectivity index (χ0n) is 18.3. The van der Waals surface area contributed by atoms with E-state index in [0.29, 0.717) is 28.1 Å². The molecule has 4 rings (SSSR count). The number of carbonyl (C=O) groups is 1. The molecule has 0 aliphatic heterocycles. The van der Waals surface area contributed by atoms with Crippen molar-refractivity contribution < 1.29 is 27.8 Å². The second-order valence-electron chi connectivity index (χ2n) is 7.53. The molecule has 0 atom stereocenters. The molecular weight excluding hydrogens is 483 g/mol. The molecule has 10 heteroatoms. The van der Waals surface area contributed by atoms with E-state index in [4.69, 9.17) is 16.3 Å². The number of carbonyl (C=O) groups excluding carboxylic acids is 1. The second-order valence-corrected chi connectivity index (χ2v) is 7.94. The van der Waals surface area contributed by atoms with Gasteiger partial charge in [-0.25, -0.2) is 4.68 Å². The Labute approximate surface area is 203 Å². The standard InChI is InChI=1S/C25H19ClF3N3O3/c1-35-18-11-10-17(22(33)12-18)14-30-24(34)16-8-6-15(7-9-16)21-13-23(25(27,28)29)31-32(21)20-5-3-2-4-19(20)26/h2-13,33H,14H2,1H3,(H,30,34). The fourth-order valence-corrected chi connectivity index (χ4v) is 3.64. The maximum absolute atomic E-state index is 13.4. The largest absolute Gasteiger partial charge is 0.507 e. The van der Waals surface area contributed by atoms with Gasteiger partial charge in [0.05, 0.1) is 23.5 Å². The van der Waals surface area contributed by atoms with Gasteiger partial charge >= 0.3 is 6.18 Å². The van der Waals surface area contributed by atoms with Gasteiger partial charge in [0.2, 0.25) is 0 Å². The van der Waals surface area contributed by atoms with Gasteiger partial charge in [0.25, 0.3) is 5.91 Å². The number of alkyl halides is 3. The van der Waals surface area contributed by atoms with Crippen LogP contribution in [0.15, 0.2) is 72.8 Å². The number of ether oxygens (including phenoxy) is 1. The SMILES string of the molecule is COc1ccc(CNC(=O)c2ccc(-c3cc(C(F)(F)F)nn3-c3ccccc3Cl)cc2)c(O)c1. The van der Waals surface area contributed by atoms with Crippen molar-refractivity contribution in [2.24, 2.45) is 0 Å². The number of nitrogens with one attached hydrogen (secondary N) is 1. The zero-order chi connectivity index (χ0) is 25.2. The van der Waals surface area contributed by atoms with E-state index in [0.717, 1.165) is 10.7 Å². The predicted octanol–water partition coefficient (Wildman–Crippen LogP) is 5.86. The lowest BCUT2D eigenvalue weighted by Gasteiger charge is -2.11. The first kappa shape index (κ1) is 24.2. The number of hydrogen-bond acceptors (Lipinski definition) is 4. The van der Waals surface area contributed by atoms with Gasteiger partial charge in [-0.05, 0) is 42.5 Å². The maximum atomic E-state index is 13.4. The second kappa shape index (κ2) is 9.71. The number of aromatic hydroxyl groups is 1. The summed E-state index contributed by atoms with van der Waals surface area (Å²) in [5, 5.41) is 16.7. The molecule has 0 bridgehead atoms. The first-order valence-corrected chi connectivity index (χ1v) is 10.7. The highest BCUT2D eigenvalue weighted by Gasteiger charge is 2.35. The normalized spacial score (nSPS) is 11.3. The predicted molar refractivity (Wildman–Crippen MR) is 125 cm³/mol. The Morgan fingerprint density at radius 1 is 1.09 bits per heavy atom. The first-order chi connectivity index (χ1) is 16.7. The molecule has 1 heterocycles. The number of phenols is 1. The molecule has 0 fully saturated rings. The van der Waals surface area contributed by atoms with E-state index in [9.17, 15) is 23.1 Å². The number of benzene rings is 3. The number of hydrogen-bond donors (Lipinski definition) is 2. The fourth-order valence-electron chi connectivity index (χ4n) is 3.42. The molecule has 3 aromatic carbocycles. The van der Waals surface area contributed by atoms with Gasteiger partial charge in [0.1, 0.15) is 11.5 Å². The lowest BCUT2D eigenvalue weighted by molar-refractivity contribution is -0.141. The van der Waals surface area contributed by atoms with Crippen molar-refractivity contribution in [1.82, 2.24) is 15.1 Å². The van der Waals surface area contributed by atoms with Gasteiger partial charge in [-0.15, -0.1) is 0 Å². The van der Waals surface area contributed by atoms with Crippen LogP contribution in [0.3, 0.4) is 0 Å². The highest BCUT2D eigenvalue weighted by Crippen LogP contribution is 2.34. The number of rotatable bonds is 6. The monoisotopic (exact) mass is 501 g/mol. The van der Waals surface area contributed by atoms with Crippen LogP contribution in [0.5, 0.6) is 11.5 Å². The average molecular weight is 502 g/mol. The molecule has 6 nitrogen and oxygen atoms in total. The number of para-hydroxylation sites is 1. The number of aromatic nitrogens is 2. The van der Waals surface area contributed by atoms with E-state index in [1.165, 1.54) is 37.4 Å². The lowest BCUT2D eigenvalue weighted by atomic mass is 10.1. The molecule has 180 valence electrons. The van der Waals surface area contributed by atoms with E-state index in [-0.39, 0.29) is 23.0 Å². The van der Waals surface area contributed by atoms with Crippen LogP contribution in [0.25, 0.3) is 16.9 Å². The summed E-state index contributed by atoms with van der Waals surface area (Å²) >= 11 is 6.20. The smallest absolute Gasteiger partial charge is 0.435 e. The summed E-state index contributed by atoms with van der Waals surface area (Å²) in [5.74, 6) is 0.0496. The van der Waals surface area contributed by atoms with Crippen molar-refractivity contribution in [1.29, 1.82) is 0 Å². The number of methoxy groups -OCH3 is 1. The highest BCUT2D eigenvalue weighted by atomic mass is 35.5. The average Bonchev–Trinajstić information content (AvgIpc) is 3.29. The minimum absolute atomic E-state index is 0.0201. The van der Waals surface area contributed by atoms with Crippen LogP contribution in [0.2, 0.25) is 5.02 Å². The summed E-state index contributed by atoms with van der Waals surface area (Å²) < 4.78 is 46.3. The molecule has 0 aliphatic carbocycles. The summed E-state index contributed by atoms with van der Waals surface area (Å²) in [6.45, 7) is 0.0740. The van der Waals surface area contributed by atoms with E-state index in [2.05, 4.69) is 10.4 Å². The van der Waals surface area contributed by atoms with Gasteiger partial charge in [-0.1, -0.05) is 35.9 Å². The third-order valence-corrected chi connectivity index (χ3v) is 5.57. The molecule has 35 heavy (non-hydrogen) atoms. The van der Waals surface area contributed by atoms with Crippen molar-refractivity contribution >= 4 is 17.5 Å². The minimum atomic E-state index is -4.64. The Bertz CT molecular complexity index is 1370. The molecule has 0 unspecified atom stereocenters. The molecule has 0 radical (unpaired) electrons. The Kier molecular flexibility index (Phi) is 6.70. The molecule has 2 N–H and O–H groups in total. The Morgan fingerprint density at radius 2 is 1.80 bits per heavy atom. The van der Waals surface area contributed by atoms with E-state index in [1.54, 1.807) is 36.4 Å². The molecule has 1 aromatic heterocycles.